The summed E-state index contributed by atoms with van der Waals surface area (Å²) in [6, 6.07) is 59.1. The summed E-state index contributed by atoms with van der Waals surface area (Å²) in [6.07, 6.45) is 4.06. The highest BCUT2D eigenvalue weighted by Gasteiger charge is 2.25. The fraction of sp³-hybridized carbons (Fsp3) is 0.0588. The summed E-state index contributed by atoms with van der Waals surface area (Å²) >= 11 is 3.78. The molecule has 0 bridgehead atoms. The van der Waals surface area contributed by atoms with Gasteiger partial charge in [0.2, 0.25) is 0 Å². The number of nitrogens with zero attached hydrogens (tertiary/aromatic N) is 3. The Morgan fingerprint density at radius 2 is 1.30 bits per heavy atom. The zero-order valence-corrected chi connectivity index (χ0v) is 32.4. The zero-order valence-electron chi connectivity index (χ0n) is 30.8. The predicted octanol–water partition coefficient (Wildman–Crippen LogP) is 11.9. The molecule has 3 aromatic heterocycles. The van der Waals surface area contributed by atoms with Gasteiger partial charge in [0.1, 0.15) is 12.0 Å². The van der Waals surface area contributed by atoms with Gasteiger partial charge >= 0.3 is 0 Å². The Bertz CT molecular complexity index is 3390. The van der Waals surface area contributed by atoms with Crippen molar-refractivity contribution in [3.05, 3.63) is 185 Å². The lowest BCUT2D eigenvalue weighted by Gasteiger charge is -2.24. The molecule has 0 radical (unpaired) electrons. The number of benzene rings is 7. The summed E-state index contributed by atoms with van der Waals surface area (Å²) in [5, 5.41) is 11.4. The lowest BCUT2D eigenvalue weighted by molar-refractivity contribution is 0.675. The van der Waals surface area contributed by atoms with Crippen LogP contribution in [0, 0.1) is 0 Å². The molecule has 0 fully saturated rings. The van der Waals surface area contributed by atoms with Crippen molar-refractivity contribution in [2.45, 2.75) is 19.0 Å². The van der Waals surface area contributed by atoms with Gasteiger partial charge in [0.15, 0.2) is 5.84 Å². The summed E-state index contributed by atoms with van der Waals surface area (Å²) in [5.74, 6) is 1.69. The third-order valence-electron chi connectivity index (χ3n) is 11.6. The van der Waals surface area contributed by atoms with Crippen LogP contribution in [-0.2, 0) is 0 Å². The second-order valence-electron chi connectivity index (χ2n) is 14.8. The van der Waals surface area contributed by atoms with Crippen molar-refractivity contribution in [1.29, 1.82) is 0 Å². The number of hydrogen-bond donors (Lipinski definition) is 1. The van der Waals surface area contributed by atoms with Gasteiger partial charge in [-0.2, -0.15) is 0 Å². The molecular formula is C51H34N4S2. The standard InChI is InChI=1S/C51H34N4S2/c1-3-14-31(15-4-1)49-52-50(32-16-5-2-6-17-32)54-51(53-49)41-24-12-23-39-38-22-11-21-37(47(38)57-48(39)41)36-20-13-27-44-46(36)40-29-28-33(30-45(40)56-44)55-42-25-9-7-18-34(42)35-19-8-10-26-43(35)55/h1-11,13-23,25-30,49H,12,24H2,(H,52,53,54). The van der Waals surface area contributed by atoms with Crippen molar-refractivity contribution in [3.8, 4) is 16.8 Å². The predicted molar refractivity (Wildman–Crippen MR) is 244 cm³/mol. The number of aromatic nitrogens is 1. The molecule has 4 heterocycles. The van der Waals surface area contributed by atoms with Gasteiger partial charge in [-0.3, -0.25) is 0 Å². The Hall–Kier alpha value is -6.60. The van der Waals surface area contributed by atoms with E-state index in [0.717, 1.165) is 35.6 Å². The minimum atomic E-state index is -0.222. The highest BCUT2D eigenvalue weighted by Crippen LogP contribution is 2.43. The van der Waals surface area contributed by atoms with E-state index < -0.39 is 0 Å². The summed E-state index contributed by atoms with van der Waals surface area (Å²) < 4.78 is 7.61. The van der Waals surface area contributed by atoms with E-state index in [1.165, 1.54) is 84.2 Å². The van der Waals surface area contributed by atoms with Gasteiger partial charge in [0, 0.05) is 68.0 Å². The number of hydrogen-bond acceptors (Lipinski definition) is 5. The van der Waals surface area contributed by atoms with Gasteiger partial charge in [-0.1, -0.05) is 140 Å². The molecule has 7 aromatic carbocycles. The quantitative estimate of drug-likeness (QED) is 0.186. The van der Waals surface area contributed by atoms with Gasteiger partial charge in [-0.25, -0.2) is 9.98 Å². The molecule has 57 heavy (non-hydrogen) atoms. The van der Waals surface area contributed by atoms with E-state index in [4.69, 9.17) is 9.98 Å². The monoisotopic (exact) mass is 766 g/mol. The van der Waals surface area contributed by atoms with Gasteiger partial charge < -0.3 is 9.88 Å². The Balaban J connectivity index is 1.03. The normalized spacial score (nSPS) is 15.5. The van der Waals surface area contributed by atoms with Crippen LogP contribution in [0.5, 0.6) is 0 Å². The number of aliphatic imine (C=N–C) groups is 2. The van der Waals surface area contributed by atoms with Gasteiger partial charge in [-0.05, 0) is 59.5 Å². The van der Waals surface area contributed by atoms with E-state index in [1.54, 1.807) is 0 Å². The summed E-state index contributed by atoms with van der Waals surface area (Å²) in [4.78, 5) is 10.5. The van der Waals surface area contributed by atoms with Crippen LogP contribution in [0.3, 0.4) is 0 Å². The van der Waals surface area contributed by atoms with E-state index in [9.17, 15) is 0 Å². The van der Waals surface area contributed by atoms with E-state index >= 15 is 0 Å². The SMILES string of the molecule is C1=c2c(sc3c(-c4cccc5sc6cc(-n7c8ccccc8c8ccccc87)ccc6c45)cccc23)=C(C2=NC(c3ccccc3)NC(c3ccccc3)=N2)CC1. The Kier molecular flexibility index (Phi) is 7.43. The molecule has 0 spiro atoms. The Labute approximate surface area is 336 Å². The van der Waals surface area contributed by atoms with Crippen LogP contribution >= 0.6 is 22.7 Å². The maximum absolute atomic E-state index is 5.30. The molecule has 6 heteroatoms. The first-order chi connectivity index (χ1) is 28.3. The molecule has 0 saturated heterocycles. The zero-order chi connectivity index (χ0) is 37.5. The second kappa shape index (κ2) is 13.0. The van der Waals surface area contributed by atoms with Crippen molar-refractivity contribution >= 4 is 98.1 Å². The number of rotatable bonds is 5. The Morgan fingerprint density at radius 1 is 0.596 bits per heavy atom. The fourth-order valence-corrected chi connectivity index (χ4v) is 11.5. The van der Waals surface area contributed by atoms with Crippen LogP contribution in [0.1, 0.15) is 30.1 Å². The van der Waals surface area contributed by atoms with Crippen LogP contribution in [0.2, 0.25) is 0 Å². The van der Waals surface area contributed by atoms with E-state index in [0.29, 0.717) is 0 Å². The molecule has 270 valence electrons. The molecule has 2 aliphatic rings. The molecule has 12 rings (SSSR count). The minimum Gasteiger partial charge on any atom is -0.344 e. The van der Waals surface area contributed by atoms with Gasteiger partial charge in [-0.15, -0.1) is 22.7 Å². The third kappa shape index (κ3) is 5.18. The molecule has 1 aliphatic carbocycles. The fourth-order valence-electron chi connectivity index (χ4n) is 8.98. The largest absolute Gasteiger partial charge is 0.344 e. The van der Waals surface area contributed by atoms with Crippen molar-refractivity contribution in [2.75, 3.05) is 0 Å². The maximum Gasteiger partial charge on any atom is 0.156 e. The molecule has 0 amide bonds. The number of amidine groups is 2. The van der Waals surface area contributed by atoms with Crippen LogP contribution in [0.15, 0.2) is 174 Å². The van der Waals surface area contributed by atoms with Crippen molar-refractivity contribution in [2.24, 2.45) is 9.98 Å². The van der Waals surface area contributed by atoms with E-state index in [2.05, 4.69) is 174 Å². The molecular weight excluding hydrogens is 733 g/mol. The number of nitrogens with one attached hydrogen (secondary N) is 1. The average molecular weight is 767 g/mol. The van der Waals surface area contributed by atoms with E-state index in [-0.39, 0.29) is 6.17 Å². The second-order valence-corrected chi connectivity index (χ2v) is 16.9. The lowest BCUT2D eigenvalue weighted by Crippen LogP contribution is -2.35. The molecule has 0 saturated carbocycles. The first-order valence-electron chi connectivity index (χ1n) is 19.5. The lowest BCUT2D eigenvalue weighted by atomic mass is 9.97. The third-order valence-corrected chi connectivity index (χ3v) is 14.0. The first-order valence-corrected chi connectivity index (χ1v) is 21.1. The topological polar surface area (TPSA) is 41.7 Å². The van der Waals surface area contributed by atoms with Crippen LogP contribution < -0.4 is 15.1 Å². The molecule has 10 aromatic rings. The van der Waals surface area contributed by atoms with Crippen LogP contribution in [-0.4, -0.2) is 16.2 Å². The van der Waals surface area contributed by atoms with E-state index in [1.807, 2.05) is 28.7 Å². The van der Waals surface area contributed by atoms with Crippen LogP contribution in [0.4, 0.5) is 0 Å². The van der Waals surface area contributed by atoms with Crippen molar-refractivity contribution in [1.82, 2.24) is 9.88 Å². The average Bonchev–Trinajstić information content (AvgIpc) is 3.96. The summed E-state index contributed by atoms with van der Waals surface area (Å²) in [6.45, 7) is 0. The highest BCUT2D eigenvalue weighted by atomic mass is 32.1. The van der Waals surface area contributed by atoms with Crippen LogP contribution in [0.25, 0.3) is 80.5 Å². The maximum atomic E-state index is 5.30. The molecule has 1 N–H and O–H groups in total. The molecule has 4 nitrogen and oxygen atoms in total. The van der Waals surface area contributed by atoms with Crippen molar-refractivity contribution in [3.63, 3.8) is 0 Å². The number of para-hydroxylation sites is 2. The summed E-state index contributed by atoms with van der Waals surface area (Å²) in [5.41, 5.74) is 9.62. The van der Waals surface area contributed by atoms with Crippen molar-refractivity contribution < 1.29 is 0 Å². The molecule has 1 atom stereocenters. The molecule has 1 unspecified atom stereocenters. The van der Waals surface area contributed by atoms with Gasteiger partial charge in [0.25, 0.3) is 0 Å². The summed E-state index contributed by atoms with van der Waals surface area (Å²) in [7, 11) is 0. The smallest absolute Gasteiger partial charge is 0.156 e. The number of thiophene rings is 2. The Morgan fingerprint density at radius 3 is 2.11 bits per heavy atom. The minimum absolute atomic E-state index is 0.222. The molecule has 1 aliphatic heterocycles. The first kappa shape index (κ1) is 32.6. The highest BCUT2D eigenvalue weighted by molar-refractivity contribution is 7.26. The van der Waals surface area contributed by atoms with Gasteiger partial charge in [0.05, 0.1) is 11.0 Å². The number of fused-ring (bicyclic) bond motifs is 9.